The number of nitrogens with zero attached hydrogens (tertiary/aromatic N) is 2. The Hall–Kier alpha value is -2.23. The molecule has 2 heterocycles. The minimum atomic E-state index is -3.73. The number of rotatable bonds is 5. The highest BCUT2D eigenvalue weighted by Gasteiger charge is 2.29. The van der Waals surface area contributed by atoms with Crippen LogP contribution in [0.25, 0.3) is 0 Å². The summed E-state index contributed by atoms with van der Waals surface area (Å²) in [6, 6.07) is 6.54. The van der Waals surface area contributed by atoms with E-state index in [1.807, 2.05) is 4.90 Å². The van der Waals surface area contributed by atoms with Crippen molar-refractivity contribution in [2.45, 2.75) is 11.4 Å². The van der Waals surface area contributed by atoms with Gasteiger partial charge in [0.1, 0.15) is 17.1 Å². The van der Waals surface area contributed by atoms with Gasteiger partial charge in [0.05, 0.1) is 24.8 Å². The molecule has 0 unspecified atom stereocenters. The lowest BCUT2D eigenvalue weighted by Crippen LogP contribution is -2.48. The van der Waals surface area contributed by atoms with Gasteiger partial charge < -0.3 is 9.15 Å². The Balaban J connectivity index is 1.65. The average Bonchev–Trinajstić information content (AvgIpc) is 3.09. The van der Waals surface area contributed by atoms with E-state index in [-0.39, 0.29) is 18.0 Å². The molecule has 1 saturated heterocycles. The molecule has 1 fully saturated rings. The van der Waals surface area contributed by atoms with Crippen molar-refractivity contribution >= 4 is 16.0 Å². The Morgan fingerprint density at radius 1 is 1.23 bits per heavy atom. The summed E-state index contributed by atoms with van der Waals surface area (Å²) in [4.78, 5) is 13.6. The van der Waals surface area contributed by atoms with Crippen LogP contribution in [-0.4, -0.2) is 56.9 Å². The van der Waals surface area contributed by atoms with Crippen LogP contribution in [0.4, 0.5) is 4.39 Å². The summed E-state index contributed by atoms with van der Waals surface area (Å²) in [6.45, 7) is 1.86. The monoisotopic (exact) mass is 382 g/mol. The molecule has 140 valence electrons. The Kier molecular flexibility index (Phi) is 5.40. The number of hydrogen-bond acceptors (Lipinski definition) is 6. The third-order valence-electron chi connectivity index (χ3n) is 4.28. The van der Waals surface area contributed by atoms with E-state index in [9.17, 15) is 17.6 Å². The molecule has 0 aliphatic carbocycles. The maximum absolute atomic E-state index is 13.3. The van der Waals surface area contributed by atoms with Crippen molar-refractivity contribution < 1.29 is 26.8 Å². The van der Waals surface area contributed by atoms with Crippen molar-refractivity contribution in [2.24, 2.45) is 0 Å². The number of furan rings is 1. The van der Waals surface area contributed by atoms with E-state index in [2.05, 4.69) is 0 Å². The number of sulfonamides is 1. The number of esters is 1. The number of carbonyl (C=O) groups is 1. The van der Waals surface area contributed by atoms with Gasteiger partial charge in [-0.2, -0.15) is 4.31 Å². The molecule has 0 amide bonds. The van der Waals surface area contributed by atoms with Crippen molar-refractivity contribution in [1.82, 2.24) is 9.21 Å². The zero-order valence-electron chi connectivity index (χ0n) is 14.2. The molecule has 26 heavy (non-hydrogen) atoms. The van der Waals surface area contributed by atoms with Gasteiger partial charge in [-0.25, -0.2) is 17.6 Å². The Morgan fingerprint density at radius 2 is 1.96 bits per heavy atom. The molecule has 9 heteroatoms. The topological polar surface area (TPSA) is 80.1 Å². The van der Waals surface area contributed by atoms with Crippen LogP contribution in [0.5, 0.6) is 0 Å². The normalized spacial score (nSPS) is 16.5. The first-order valence-corrected chi connectivity index (χ1v) is 9.48. The third-order valence-corrected chi connectivity index (χ3v) is 6.18. The van der Waals surface area contributed by atoms with Crippen molar-refractivity contribution in [3.63, 3.8) is 0 Å². The number of benzene rings is 1. The van der Waals surface area contributed by atoms with Gasteiger partial charge >= 0.3 is 5.97 Å². The van der Waals surface area contributed by atoms with Gasteiger partial charge in [0.15, 0.2) is 0 Å². The van der Waals surface area contributed by atoms with Crippen LogP contribution in [-0.2, 0) is 21.3 Å². The van der Waals surface area contributed by atoms with Crippen molar-refractivity contribution in [3.8, 4) is 0 Å². The molecule has 0 atom stereocenters. The van der Waals surface area contributed by atoms with E-state index in [1.165, 1.54) is 35.9 Å². The van der Waals surface area contributed by atoms with Gasteiger partial charge in [-0.05, 0) is 24.3 Å². The molecule has 1 aromatic carbocycles. The van der Waals surface area contributed by atoms with Crippen LogP contribution in [0.2, 0.25) is 0 Å². The quantitative estimate of drug-likeness (QED) is 0.733. The first-order valence-electron chi connectivity index (χ1n) is 8.04. The van der Waals surface area contributed by atoms with E-state index in [1.54, 1.807) is 6.07 Å². The maximum atomic E-state index is 13.3. The number of halogens is 1. The predicted molar refractivity (Wildman–Crippen MR) is 90.5 cm³/mol. The second-order valence-corrected chi connectivity index (χ2v) is 7.82. The van der Waals surface area contributed by atoms with Gasteiger partial charge in [0, 0.05) is 26.2 Å². The fourth-order valence-electron chi connectivity index (χ4n) is 2.86. The van der Waals surface area contributed by atoms with Gasteiger partial charge in [0.25, 0.3) is 0 Å². The summed E-state index contributed by atoms with van der Waals surface area (Å²) < 4.78 is 49.9. The van der Waals surface area contributed by atoms with Gasteiger partial charge in [-0.1, -0.05) is 6.07 Å². The number of piperazine rings is 1. The number of methoxy groups -OCH3 is 1. The van der Waals surface area contributed by atoms with E-state index in [0.29, 0.717) is 31.0 Å². The van der Waals surface area contributed by atoms with Gasteiger partial charge in [-0.3, -0.25) is 4.90 Å². The first-order chi connectivity index (χ1) is 12.4. The van der Waals surface area contributed by atoms with Crippen LogP contribution < -0.4 is 0 Å². The summed E-state index contributed by atoms with van der Waals surface area (Å²) in [5.41, 5.74) is 0.363. The minimum Gasteiger partial charge on any atom is -0.467 e. The molecule has 1 aliphatic heterocycles. The number of hydrogen-bond donors (Lipinski definition) is 0. The molecular formula is C17H19FN2O5S. The Bertz CT molecular complexity index is 888. The maximum Gasteiger partial charge on any atom is 0.341 e. The van der Waals surface area contributed by atoms with Crippen molar-refractivity contribution in [1.29, 1.82) is 0 Å². The van der Waals surface area contributed by atoms with E-state index in [0.717, 1.165) is 6.07 Å². The summed E-state index contributed by atoms with van der Waals surface area (Å²) in [5.74, 6) is -0.572. The number of carbonyl (C=O) groups excluding carboxylic acids is 1. The largest absolute Gasteiger partial charge is 0.467 e. The lowest BCUT2D eigenvalue weighted by Gasteiger charge is -2.33. The standard InChI is InChI=1S/C17H19FN2O5S/c1-24-17(21)15-5-10-25-16(15)12-19-6-8-20(9-7-19)26(22,23)14-4-2-3-13(18)11-14/h2-5,10-11H,6-9,12H2,1H3. The molecule has 7 nitrogen and oxygen atoms in total. The van der Waals surface area contributed by atoms with Crippen molar-refractivity contribution in [2.75, 3.05) is 33.3 Å². The highest BCUT2D eigenvalue weighted by atomic mass is 32.2. The summed E-state index contributed by atoms with van der Waals surface area (Å²) in [7, 11) is -2.43. The molecule has 2 aromatic rings. The van der Waals surface area contributed by atoms with E-state index in [4.69, 9.17) is 9.15 Å². The zero-order valence-corrected chi connectivity index (χ0v) is 15.0. The average molecular weight is 382 g/mol. The fourth-order valence-corrected chi connectivity index (χ4v) is 4.32. The van der Waals surface area contributed by atoms with E-state index < -0.39 is 21.8 Å². The molecule has 3 rings (SSSR count). The molecule has 1 aromatic heterocycles. The lowest BCUT2D eigenvalue weighted by atomic mass is 10.2. The van der Waals surface area contributed by atoms with Crippen LogP contribution in [0.1, 0.15) is 16.1 Å². The summed E-state index contributed by atoms with van der Waals surface area (Å²) >= 11 is 0. The van der Waals surface area contributed by atoms with Crippen LogP contribution in [0, 0.1) is 5.82 Å². The summed E-state index contributed by atoms with van der Waals surface area (Å²) in [6.07, 6.45) is 1.42. The predicted octanol–water partition coefficient (Wildman–Crippen LogP) is 1.71. The summed E-state index contributed by atoms with van der Waals surface area (Å²) in [5, 5.41) is 0. The highest BCUT2D eigenvalue weighted by Crippen LogP contribution is 2.20. The molecular weight excluding hydrogens is 363 g/mol. The van der Waals surface area contributed by atoms with Gasteiger partial charge in [-0.15, -0.1) is 0 Å². The van der Waals surface area contributed by atoms with Crippen LogP contribution >= 0.6 is 0 Å². The molecule has 1 aliphatic rings. The first kappa shape index (κ1) is 18.6. The molecule has 0 saturated carbocycles. The van der Waals surface area contributed by atoms with Crippen LogP contribution in [0.3, 0.4) is 0 Å². The van der Waals surface area contributed by atoms with Crippen molar-refractivity contribution in [3.05, 3.63) is 53.7 Å². The molecule has 0 N–H and O–H groups in total. The Labute approximate surface area is 151 Å². The second kappa shape index (κ2) is 7.56. The smallest absolute Gasteiger partial charge is 0.341 e. The fraction of sp³-hybridized carbons (Fsp3) is 0.353. The second-order valence-electron chi connectivity index (χ2n) is 5.89. The SMILES string of the molecule is COC(=O)c1ccoc1CN1CCN(S(=O)(=O)c2cccc(F)c2)CC1. The zero-order chi connectivity index (χ0) is 18.7. The number of ether oxygens (including phenoxy) is 1. The Morgan fingerprint density at radius 3 is 2.62 bits per heavy atom. The molecule has 0 spiro atoms. The van der Waals surface area contributed by atoms with E-state index >= 15 is 0 Å². The molecule has 0 radical (unpaired) electrons. The minimum absolute atomic E-state index is 0.0510. The molecule has 0 bridgehead atoms. The van der Waals surface area contributed by atoms with Crippen LogP contribution in [0.15, 0.2) is 45.9 Å². The lowest BCUT2D eigenvalue weighted by molar-refractivity contribution is 0.0595. The highest BCUT2D eigenvalue weighted by molar-refractivity contribution is 7.89. The van der Waals surface area contributed by atoms with Gasteiger partial charge in [0.2, 0.25) is 10.0 Å². The third kappa shape index (κ3) is 3.79.